The van der Waals surface area contributed by atoms with Crippen LogP contribution in [0, 0.1) is 0 Å². The topological polar surface area (TPSA) is 73.9 Å². The second kappa shape index (κ2) is 5.90. The van der Waals surface area contributed by atoms with Crippen molar-refractivity contribution >= 4 is 15.7 Å². The van der Waals surface area contributed by atoms with Gasteiger partial charge in [0.25, 0.3) is 10.0 Å². The van der Waals surface area contributed by atoms with Gasteiger partial charge >= 0.3 is 12.7 Å². The fourth-order valence-corrected chi connectivity index (χ4v) is 3.28. The van der Waals surface area contributed by atoms with Gasteiger partial charge in [-0.2, -0.15) is 0 Å². The van der Waals surface area contributed by atoms with Crippen molar-refractivity contribution in [3.8, 4) is 17.2 Å². The van der Waals surface area contributed by atoms with Gasteiger partial charge in [0.2, 0.25) is 0 Å². The van der Waals surface area contributed by atoms with E-state index in [4.69, 9.17) is 0 Å². The van der Waals surface area contributed by atoms with Gasteiger partial charge < -0.3 is 14.2 Å². The number of nitrogens with one attached hydrogen (secondary N) is 1. The number of alkyl halides is 5. The maximum absolute atomic E-state index is 13.0. The van der Waals surface area contributed by atoms with E-state index in [1.54, 1.807) is 0 Å². The van der Waals surface area contributed by atoms with Gasteiger partial charge in [-0.05, 0) is 24.3 Å². The zero-order chi connectivity index (χ0) is 19.2. The third kappa shape index (κ3) is 3.90. The summed E-state index contributed by atoms with van der Waals surface area (Å²) in [5.41, 5.74) is -0.230. The normalized spacial score (nSPS) is 15.6. The first-order valence-electron chi connectivity index (χ1n) is 6.73. The maximum atomic E-state index is 13.0. The minimum Gasteiger partial charge on any atom is -0.404 e. The molecule has 0 amide bonds. The van der Waals surface area contributed by atoms with Crippen molar-refractivity contribution in [2.24, 2.45) is 0 Å². The Morgan fingerprint density at radius 2 is 1.65 bits per heavy atom. The molecule has 12 heteroatoms. The van der Waals surface area contributed by atoms with Crippen molar-refractivity contribution in [2.75, 3.05) is 4.72 Å². The fraction of sp³-hybridized carbons (Fsp3) is 0.143. The Hall–Kier alpha value is -2.76. The standard InChI is InChI=1S/C14H8F5NO5S/c15-13(16,17)23-10-3-1-2-4-12(10)26(21,22)20-8-5-6-9-11(7-8)25-14(18,19)24-9/h1-7,20H. The van der Waals surface area contributed by atoms with E-state index in [1.165, 1.54) is 6.07 Å². The minimum atomic E-state index is -5.10. The molecule has 0 bridgehead atoms. The zero-order valence-electron chi connectivity index (χ0n) is 12.4. The van der Waals surface area contributed by atoms with E-state index in [0.717, 1.165) is 36.4 Å². The molecule has 6 nitrogen and oxygen atoms in total. The van der Waals surface area contributed by atoms with Crippen molar-refractivity contribution < 1.29 is 44.6 Å². The average Bonchev–Trinajstić information content (AvgIpc) is 2.78. The summed E-state index contributed by atoms with van der Waals surface area (Å²) in [7, 11) is -4.52. The molecule has 0 saturated carbocycles. The van der Waals surface area contributed by atoms with Crippen LogP contribution >= 0.6 is 0 Å². The van der Waals surface area contributed by atoms with Crippen LogP contribution in [0.3, 0.4) is 0 Å². The van der Waals surface area contributed by atoms with E-state index in [9.17, 15) is 30.4 Å². The summed E-state index contributed by atoms with van der Waals surface area (Å²) in [4.78, 5) is -0.791. The molecule has 26 heavy (non-hydrogen) atoms. The summed E-state index contributed by atoms with van der Waals surface area (Å²) in [6, 6.07) is 7.06. The van der Waals surface area contributed by atoms with E-state index < -0.39 is 39.1 Å². The Balaban J connectivity index is 1.90. The molecule has 0 spiro atoms. The van der Waals surface area contributed by atoms with Gasteiger partial charge in [0.15, 0.2) is 11.5 Å². The summed E-state index contributed by atoms with van der Waals surface area (Å²) in [5.74, 6) is -1.70. The van der Waals surface area contributed by atoms with Gasteiger partial charge in [0.05, 0.1) is 5.69 Å². The van der Waals surface area contributed by atoms with Crippen LogP contribution in [-0.4, -0.2) is 21.1 Å². The monoisotopic (exact) mass is 397 g/mol. The van der Waals surface area contributed by atoms with Gasteiger partial charge in [0.1, 0.15) is 10.6 Å². The van der Waals surface area contributed by atoms with Gasteiger partial charge in [-0.15, -0.1) is 22.0 Å². The highest BCUT2D eigenvalue weighted by Gasteiger charge is 2.43. The van der Waals surface area contributed by atoms with Crippen LogP contribution in [0.25, 0.3) is 0 Å². The lowest BCUT2D eigenvalue weighted by atomic mass is 10.3. The summed E-state index contributed by atoms with van der Waals surface area (Å²) in [6.07, 6.45) is -9.00. The summed E-state index contributed by atoms with van der Waals surface area (Å²) in [5, 5.41) is 0. The fourth-order valence-electron chi connectivity index (χ4n) is 2.10. The Morgan fingerprint density at radius 1 is 1.00 bits per heavy atom. The second-order valence-corrected chi connectivity index (χ2v) is 6.58. The molecule has 3 rings (SSSR count). The molecule has 0 radical (unpaired) electrons. The van der Waals surface area contributed by atoms with Gasteiger partial charge in [0, 0.05) is 6.07 Å². The van der Waals surface area contributed by atoms with Crippen molar-refractivity contribution in [1.29, 1.82) is 0 Å². The number of benzene rings is 2. The van der Waals surface area contributed by atoms with E-state index in [0.29, 0.717) is 0 Å². The molecule has 1 aliphatic heterocycles. The van der Waals surface area contributed by atoms with E-state index in [1.807, 2.05) is 4.72 Å². The lowest BCUT2D eigenvalue weighted by Crippen LogP contribution is -2.25. The average molecular weight is 397 g/mol. The summed E-state index contributed by atoms with van der Waals surface area (Å²) in [6.45, 7) is 0. The Kier molecular flexibility index (Phi) is 4.09. The third-order valence-corrected chi connectivity index (χ3v) is 4.44. The number of ether oxygens (including phenoxy) is 3. The van der Waals surface area contributed by atoms with E-state index in [2.05, 4.69) is 14.2 Å². The first-order chi connectivity index (χ1) is 12.0. The molecule has 0 saturated heterocycles. The lowest BCUT2D eigenvalue weighted by molar-refractivity contribution is -0.286. The Bertz CT molecular complexity index is 945. The zero-order valence-corrected chi connectivity index (χ0v) is 13.2. The lowest BCUT2D eigenvalue weighted by Gasteiger charge is -2.14. The molecule has 2 aromatic rings. The number of fused-ring (bicyclic) bond motifs is 1. The largest absolute Gasteiger partial charge is 0.586 e. The smallest absolute Gasteiger partial charge is 0.404 e. The van der Waals surface area contributed by atoms with Crippen LogP contribution in [-0.2, 0) is 10.0 Å². The number of hydrogen-bond acceptors (Lipinski definition) is 5. The number of anilines is 1. The quantitative estimate of drug-likeness (QED) is 0.797. The highest BCUT2D eigenvalue weighted by Crippen LogP contribution is 2.42. The first-order valence-corrected chi connectivity index (χ1v) is 8.21. The van der Waals surface area contributed by atoms with Crippen molar-refractivity contribution in [2.45, 2.75) is 17.6 Å². The van der Waals surface area contributed by atoms with E-state index >= 15 is 0 Å². The summed E-state index contributed by atoms with van der Waals surface area (Å²) >= 11 is 0. The van der Waals surface area contributed by atoms with Gasteiger partial charge in [-0.3, -0.25) is 4.72 Å². The number of hydrogen-bond donors (Lipinski definition) is 1. The molecule has 0 aromatic heterocycles. The van der Waals surface area contributed by atoms with Crippen molar-refractivity contribution in [3.05, 3.63) is 42.5 Å². The SMILES string of the molecule is O=S(=O)(Nc1ccc2c(c1)OC(F)(F)O2)c1ccccc1OC(F)(F)F. The molecule has 0 aliphatic carbocycles. The molecule has 1 N–H and O–H groups in total. The van der Waals surface area contributed by atoms with Crippen molar-refractivity contribution in [3.63, 3.8) is 0 Å². The minimum absolute atomic E-state index is 0.230. The van der Waals surface area contributed by atoms with Crippen LogP contribution in [0.4, 0.5) is 27.6 Å². The van der Waals surface area contributed by atoms with Gasteiger partial charge in [-0.25, -0.2) is 8.42 Å². The number of sulfonamides is 1. The van der Waals surface area contributed by atoms with Gasteiger partial charge in [-0.1, -0.05) is 12.1 Å². The Morgan fingerprint density at radius 3 is 2.35 bits per heavy atom. The highest BCUT2D eigenvalue weighted by atomic mass is 32.2. The molecule has 140 valence electrons. The van der Waals surface area contributed by atoms with Crippen LogP contribution in [0.2, 0.25) is 0 Å². The van der Waals surface area contributed by atoms with Crippen LogP contribution in [0.1, 0.15) is 0 Å². The summed E-state index contributed by atoms with van der Waals surface area (Å²) < 4.78 is 102. The Labute approximate surface area is 143 Å². The molecule has 0 atom stereocenters. The number of halogens is 5. The molecule has 0 fully saturated rings. The van der Waals surface area contributed by atoms with Crippen LogP contribution in [0.5, 0.6) is 17.2 Å². The van der Waals surface area contributed by atoms with Crippen molar-refractivity contribution in [1.82, 2.24) is 0 Å². The number of rotatable bonds is 4. The molecule has 2 aromatic carbocycles. The first kappa shape index (κ1) is 18.0. The van der Waals surface area contributed by atoms with Crippen LogP contribution < -0.4 is 18.9 Å². The molecular formula is C14H8F5NO5S. The predicted octanol–water partition coefficient (Wildman–Crippen LogP) is 3.71. The molecule has 1 heterocycles. The highest BCUT2D eigenvalue weighted by molar-refractivity contribution is 7.92. The maximum Gasteiger partial charge on any atom is 0.586 e. The second-order valence-electron chi connectivity index (χ2n) is 4.93. The molecule has 1 aliphatic rings. The predicted molar refractivity (Wildman–Crippen MR) is 76.6 cm³/mol. The van der Waals surface area contributed by atoms with E-state index in [-0.39, 0.29) is 11.4 Å². The number of para-hydroxylation sites is 1. The van der Waals surface area contributed by atoms with Crippen LogP contribution in [0.15, 0.2) is 47.4 Å². The third-order valence-electron chi connectivity index (χ3n) is 3.02. The molecule has 0 unspecified atom stereocenters. The molecular weight excluding hydrogens is 389 g/mol.